The molecule has 138 valence electrons. The molecule has 0 spiro atoms. The summed E-state index contributed by atoms with van der Waals surface area (Å²) in [5.74, 6) is -0.533. The quantitative estimate of drug-likeness (QED) is 0.500. The number of carbonyl (C=O) groups is 1. The number of nitrogens with zero attached hydrogens (tertiary/aromatic N) is 1. The number of hydrogen-bond acceptors (Lipinski definition) is 5. The molecule has 1 aromatic carbocycles. The Hall–Kier alpha value is -1.95. The van der Waals surface area contributed by atoms with E-state index in [0.29, 0.717) is 5.56 Å². The van der Waals surface area contributed by atoms with Gasteiger partial charge in [-0.05, 0) is 47.8 Å². The summed E-state index contributed by atoms with van der Waals surface area (Å²) in [6, 6.07) is 2.66. The molecule has 1 aromatic rings. The maximum atomic E-state index is 11.8. The minimum atomic E-state index is -0.906. The number of nitro benzene ring substituents is 1. The van der Waals surface area contributed by atoms with E-state index in [1.165, 1.54) is 0 Å². The van der Waals surface area contributed by atoms with Crippen molar-refractivity contribution in [2.75, 3.05) is 6.61 Å². The van der Waals surface area contributed by atoms with E-state index in [4.69, 9.17) is 10.5 Å². The molecular weight excluding hydrogens is 320 g/mol. The highest BCUT2D eigenvalue weighted by molar-refractivity contribution is 5.76. The Morgan fingerprint density at radius 1 is 1.24 bits per heavy atom. The molecule has 0 amide bonds. The second-order valence-electron chi connectivity index (χ2n) is 8.11. The number of esters is 1. The van der Waals surface area contributed by atoms with Gasteiger partial charge in [-0.15, -0.1) is 0 Å². The molecule has 1 aliphatic rings. The number of nitrogens with two attached hydrogens (primary N) is 1. The average molecular weight is 348 g/mol. The van der Waals surface area contributed by atoms with Gasteiger partial charge in [-0.25, -0.2) is 0 Å². The number of carbonyl (C=O) groups excluding carboxylic acids is 1. The van der Waals surface area contributed by atoms with E-state index in [1.54, 1.807) is 13.0 Å². The van der Waals surface area contributed by atoms with Crippen LogP contribution in [-0.4, -0.2) is 23.5 Å². The molecule has 0 saturated carbocycles. The normalized spacial score (nSPS) is 19.0. The van der Waals surface area contributed by atoms with Crippen LogP contribution < -0.4 is 5.73 Å². The van der Waals surface area contributed by atoms with Crippen LogP contribution in [0.3, 0.4) is 0 Å². The van der Waals surface area contributed by atoms with Crippen molar-refractivity contribution in [2.24, 2.45) is 5.73 Å². The van der Waals surface area contributed by atoms with Gasteiger partial charge in [-0.2, -0.15) is 0 Å². The van der Waals surface area contributed by atoms with E-state index in [1.807, 2.05) is 6.07 Å². The Balaban J connectivity index is 2.54. The monoisotopic (exact) mass is 348 g/mol. The molecule has 1 unspecified atom stereocenters. The van der Waals surface area contributed by atoms with Gasteiger partial charge in [0, 0.05) is 18.1 Å². The highest BCUT2D eigenvalue weighted by Crippen LogP contribution is 2.47. The van der Waals surface area contributed by atoms with Gasteiger partial charge in [0.2, 0.25) is 0 Å². The zero-order valence-corrected chi connectivity index (χ0v) is 15.7. The summed E-state index contributed by atoms with van der Waals surface area (Å²) in [4.78, 5) is 23.1. The van der Waals surface area contributed by atoms with Gasteiger partial charge in [0.25, 0.3) is 5.69 Å². The molecule has 25 heavy (non-hydrogen) atoms. The summed E-state index contributed by atoms with van der Waals surface area (Å²) in [7, 11) is 0. The Labute approximate surface area is 148 Å². The fourth-order valence-corrected chi connectivity index (χ4v) is 3.55. The van der Waals surface area contributed by atoms with Crippen LogP contribution in [0.1, 0.15) is 64.2 Å². The molecule has 2 rings (SSSR count). The Kier molecular flexibility index (Phi) is 5.23. The van der Waals surface area contributed by atoms with Crippen LogP contribution in [0, 0.1) is 10.1 Å². The summed E-state index contributed by atoms with van der Waals surface area (Å²) in [6.45, 7) is 10.5. The molecule has 2 N–H and O–H groups in total. The van der Waals surface area contributed by atoms with Crippen molar-refractivity contribution in [3.63, 3.8) is 0 Å². The molecule has 0 fully saturated rings. The maximum absolute atomic E-state index is 11.8. The van der Waals surface area contributed by atoms with Crippen LogP contribution >= 0.6 is 0 Å². The van der Waals surface area contributed by atoms with E-state index in [9.17, 15) is 14.9 Å². The summed E-state index contributed by atoms with van der Waals surface area (Å²) in [6.07, 6.45) is 2.08. The van der Waals surface area contributed by atoms with Gasteiger partial charge in [0.1, 0.15) is 6.04 Å². The molecule has 0 aliphatic heterocycles. The molecule has 0 aromatic heterocycles. The topological polar surface area (TPSA) is 95.5 Å². The minimum Gasteiger partial charge on any atom is -0.465 e. The predicted molar refractivity (Wildman–Crippen MR) is 96.7 cm³/mol. The largest absolute Gasteiger partial charge is 0.465 e. The highest BCUT2D eigenvalue weighted by Gasteiger charge is 2.39. The predicted octanol–water partition coefficient (Wildman–Crippen LogP) is 3.38. The lowest BCUT2D eigenvalue weighted by Crippen LogP contribution is -2.36. The van der Waals surface area contributed by atoms with Gasteiger partial charge in [-0.1, -0.05) is 27.7 Å². The molecular formula is C19H28N2O4. The number of rotatable bonds is 5. The standard InChI is InChI=1S/C19H28N2O4/c1-6-25-17(22)15(20)10-12-9-13-14(11-16(12)21(23)24)19(4,5)8-7-18(13,2)3/h9,11,15H,6-8,10,20H2,1-5H3. The van der Waals surface area contributed by atoms with E-state index < -0.39 is 12.0 Å². The number of benzene rings is 1. The third-order valence-electron chi connectivity index (χ3n) is 5.28. The molecule has 0 bridgehead atoms. The average Bonchev–Trinajstić information content (AvgIpc) is 2.51. The summed E-state index contributed by atoms with van der Waals surface area (Å²) in [5, 5.41) is 11.6. The maximum Gasteiger partial charge on any atom is 0.323 e. The Morgan fingerprint density at radius 3 is 2.24 bits per heavy atom. The second kappa shape index (κ2) is 6.75. The summed E-state index contributed by atoms with van der Waals surface area (Å²) >= 11 is 0. The smallest absolute Gasteiger partial charge is 0.323 e. The lowest BCUT2D eigenvalue weighted by atomic mass is 9.62. The van der Waals surface area contributed by atoms with Crippen molar-refractivity contribution in [1.29, 1.82) is 0 Å². The fraction of sp³-hybridized carbons (Fsp3) is 0.632. The van der Waals surface area contributed by atoms with Crippen LogP contribution in [0.4, 0.5) is 5.69 Å². The van der Waals surface area contributed by atoms with Crippen molar-refractivity contribution in [2.45, 2.75) is 70.8 Å². The molecule has 0 heterocycles. The first-order chi connectivity index (χ1) is 11.5. The zero-order chi connectivity index (χ0) is 19.0. The number of fused-ring (bicyclic) bond motifs is 1. The number of ether oxygens (including phenoxy) is 1. The van der Waals surface area contributed by atoms with Crippen LogP contribution in [-0.2, 0) is 26.8 Å². The third kappa shape index (κ3) is 3.84. The van der Waals surface area contributed by atoms with Gasteiger partial charge >= 0.3 is 5.97 Å². The fourth-order valence-electron chi connectivity index (χ4n) is 3.55. The number of nitro groups is 1. The summed E-state index contributed by atoms with van der Waals surface area (Å²) < 4.78 is 4.93. The van der Waals surface area contributed by atoms with Gasteiger partial charge < -0.3 is 10.5 Å². The van der Waals surface area contributed by atoms with Crippen molar-refractivity contribution >= 4 is 11.7 Å². The number of hydrogen-bond donors (Lipinski definition) is 1. The van der Waals surface area contributed by atoms with Crippen molar-refractivity contribution in [1.82, 2.24) is 0 Å². The molecule has 1 atom stereocenters. The van der Waals surface area contributed by atoms with Crippen LogP contribution in [0.25, 0.3) is 0 Å². The van der Waals surface area contributed by atoms with Gasteiger partial charge in [-0.3, -0.25) is 14.9 Å². The Morgan fingerprint density at radius 2 is 1.76 bits per heavy atom. The lowest BCUT2D eigenvalue weighted by Gasteiger charge is -2.42. The minimum absolute atomic E-state index is 0.0317. The Bertz CT molecular complexity index is 695. The lowest BCUT2D eigenvalue weighted by molar-refractivity contribution is -0.385. The van der Waals surface area contributed by atoms with Crippen LogP contribution in [0.5, 0.6) is 0 Å². The molecule has 0 saturated heterocycles. The second-order valence-corrected chi connectivity index (χ2v) is 8.11. The first kappa shape index (κ1) is 19.4. The van der Waals surface area contributed by atoms with E-state index >= 15 is 0 Å². The third-order valence-corrected chi connectivity index (χ3v) is 5.28. The van der Waals surface area contributed by atoms with Crippen LogP contribution in [0.2, 0.25) is 0 Å². The van der Waals surface area contributed by atoms with Crippen molar-refractivity contribution < 1.29 is 14.5 Å². The SMILES string of the molecule is CCOC(=O)C(N)Cc1cc2c(cc1[N+](=O)[O-])C(C)(C)CCC2(C)C. The van der Waals surface area contributed by atoms with Crippen LogP contribution in [0.15, 0.2) is 12.1 Å². The first-order valence-electron chi connectivity index (χ1n) is 8.74. The van der Waals surface area contributed by atoms with E-state index in [0.717, 1.165) is 24.0 Å². The molecule has 1 aliphatic carbocycles. The molecule has 6 nitrogen and oxygen atoms in total. The van der Waals surface area contributed by atoms with Gasteiger partial charge in [0.05, 0.1) is 11.5 Å². The van der Waals surface area contributed by atoms with E-state index in [-0.39, 0.29) is 34.5 Å². The first-order valence-corrected chi connectivity index (χ1v) is 8.74. The van der Waals surface area contributed by atoms with E-state index in [2.05, 4.69) is 27.7 Å². The highest BCUT2D eigenvalue weighted by atomic mass is 16.6. The molecule has 6 heteroatoms. The molecule has 0 radical (unpaired) electrons. The van der Waals surface area contributed by atoms with Crippen molar-refractivity contribution in [3.8, 4) is 0 Å². The summed E-state index contributed by atoms with van der Waals surface area (Å²) in [5.41, 5.74) is 8.38. The van der Waals surface area contributed by atoms with Gasteiger partial charge in [0.15, 0.2) is 0 Å². The van der Waals surface area contributed by atoms with Crippen molar-refractivity contribution in [3.05, 3.63) is 38.9 Å². The zero-order valence-electron chi connectivity index (χ0n) is 15.7.